The summed E-state index contributed by atoms with van der Waals surface area (Å²) in [6.07, 6.45) is 3.01. The largest absolute Gasteiger partial charge is 0.508 e. The molecule has 1 aromatic carbocycles. The molecule has 0 heterocycles. The van der Waals surface area contributed by atoms with E-state index in [-0.39, 0.29) is 18.1 Å². The maximum Gasteiger partial charge on any atom is 0.227 e. The van der Waals surface area contributed by atoms with Crippen molar-refractivity contribution in [1.29, 1.82) is 0 Å². The van der Waals surface area contributed by atoms with Crippen LogP contribution >= 0.6 is 0 Å². The van der Waals surface area contributed by atoms with Gasteiger partial charge in [-0.3, -0.25) is 4.79 Å². The second kappa shape index (κ2) is 7.29. The highest BCUT2D eigenvalue weighted by atomic mass is 16.3. The topological polar surface area (TPSA) is 69.6 Å². The number of rotatable bonds is 7. The summed E-state index contributed by atoms with van der Waals surface area (Å²) >= 11 is 0. The molecule has 0 unspecified atom stereocenters. The van der Waals surface area contributed by atoms with Gasteiger partial charge in [-0.05, 0) is 31.4 Å². The molecule has 0 saturated heterocycles. The Bertz CT molecular complexity index is 451. The van der Waals surface area contributed by atoms with Crippen LogP contribution in [0.5, 0.6) is 5.75 Å². The lowest BCUT2D eigenvalue weighted by Gasteiger charge is -2.26. The highest BCUT2D eigenvalue weighted by Gasteiger charge is 2.28. The number of anilines is 1. The number of hydrogen-bond acceptors (Lipinski definition) is 3. The van der Waals surface area contributed by atoms with E-state index in [1.165, 1.54) is 6.07 Å². The molecular formula is C16H25NO3. The van der Waals surface area contributed by atoms with Gasteiger partial charge in [0.2, 0.25) is 5.91 Å². The van der Waals surface area contributed by atoms with Crippen LogP contribution in [0, 0.1) is 6.92 Å². The Morgan fingerprint density at radius 1 is 1.25 bits per heavy atom. The van der Waals surface area contributed by atoms with E-state index in [1.807, 2.05) is 13.8 Å². The van der Waals surface area contributed by atoms with Crippen molar-refractivity contribution >= 4 is 11.6 Å². The molecule has 0 aromatic heterocycles. The van der Waals surface area contributed by atoms with Crippen LogP contribution in [0.3, 0.4) is 0 Å². The third kappa shape index (κ3) is 4.85. The Balaban J connectivity index is 2.67. The van der Waals surface area contributed by atoms with Crippen LogP contribution in [0.25, 0.3) is 0 Å². The number of amides is 1. The SMILES string of the molecule is CCCC(O)(CCC)CC(=O)Nc1ccc(C)c(O)c1. The summed E-state index contributed by atoms with van der Waals surface area (Å²) in [4.78, 5) is 12.0. The molecule has 1 amide bonds. The lowest BCUT2D eigenvalue weighted by atomic mass is 9.89. The van der Waals surface area contributed by atoms with Gasteiger partial charge in [-0.25, -0.2) is 0 Å². The Morgan fingerprint density at radius 3 is 2.35 bits per heavy atom. The fourth-order valence-electron chi connectivity index (χ4n) is 2.42. The molecule has 1 rings (SSSR count). The molecule has 0 radical (unpaired) electrons. The Hall–Kier alpha value is -1.55. The van der Waals surface area contributed by atoms with Crippen molar-refractivity contribution < 1.29 is 15.0 Å². The van der Waals surface area contributed by atoms with Gasteiger partial charge in [-0.1, -0.05) is 32.8 Å². The summed E-state index contributed by atoms with van der Waals surface area (Å²) in [6, 6.07) is 5.01. The number of aryl methyl sites for hydroxylation is 1. The molecular weight excluding hydrogens is 254 g/mol. The van der Waals surface area contributed by atoms with Gasteiger partial charge in [0.05, 0.1) is 12.0 Å². The van der Waals surface area contributed by atoms with Crippen LogP contribution in [0.2, 0.25) is 0 Å². The summed E-state index contributed by atoms with van der Waals surface area (Å²) < 4.78 is 0. The van der Waals surface area contributed by atoms with E-state index in [0.29, 0.717) is 18.5 Å². The molecule has 1 aromatic rings. The molecule has 4 heteroatoms. The van der Waals surface area contributed by atoms with Crippen molar-refractivity contribution in [3.63, 3.8) is 0 Å². The number of phenols is 1. The summed E-state index contributed by atoms with van der Waals surface area (Å²) in [7, 11) is 0. The monoisotopic (exact) mass is 279 g/mol. The number of aliphatic hydroxyl groups is 1. The molecule has 112 valence electrons. The van der Waals surface area contributed by atoms with E-state index in [9.17, 15) is 15.0 Å². The Labute approximate surface area is 120 Å². The number of benzene rings is 1. The second-order valence-corrected chi connectivity index (χ2v) is 5.45. The minimum absolute atomic E-state index is 0.0866. The van der Waals surface area contributed by atoms with Crippen LogP contribution in [0.15, 0.2) is 18.2 Å². The van der Waals surface area contributed by atoms with Gasteiger partial charge < -0.3 is 15.5 Å². The number of carbonyl (C=O) groups is 1. The zero-order valence-electron chi connectivity index (χ0n) is 12.6. The van der Waals surface area contributed by atoms with Crippen LogP contribution in [0.1, 0.15) is 51.5 Å². The Morgan fingerprint density at radius 2 is 1.85 bits per heavy atom. The van der Waals surface area contributed by atoms with E-state index in [1.54, 1.807) is 19.1 Å². The highest BCUT2D eigenvalue weighted by Crippen LogP contribution is 2.25. The molecule has 0 aliphatic heterocycles. The number of carbonyl (C=O) groups excluding carboxylic acids is 1. The standard InChI is InChI=1S/C16H25NO3/c1-4-8-16(20,9-5-2)11-15(19)17-13-7-6-12(3)14(18)10-13/h6-7,10,18,20H,4-5,8-9,11H2,1-3H3,(H,17,19). The first-order valence-corrected chi connectivity index (χ1v) is 7.22. The summed E-state index contributed by atoms with van der Waals surface area (Å²) in [6.45, 7) is 5.79. The first-order valence-electron chi connectivity index (χ1n) is 7.22. The van der Waals surface area contributed by atoms with Crippen LogP contribution in [0.4, 0.5) is 5.69 Å². The minimum Gasteiger partial charge on any atom is -0.508 e. The van der Waals surface area contributed by atoms with E-state index in [4.69, 9.17) is 0 Å². The van der Waals surface area contributed by atoms with Gasteiger partial charge in [-0.15, -0.1) is 0 Å². The highest BCUT2D eigenvalue weighted by molar-refractivity contribution is 5.91. The summed E-state index contributed by atoms with van der Waals surface area (Å²) in [5.74, 6) is -0.0715. The van der Waals surface area contributed by atoms with Crippen molar-refractivity contribution in [3.8, 4) is 5.75 Å². The molecule has 0 bridgehead atoms. The van der Waals surface area contributed by atoms with Gasteiger partial charge in [0, 0.05) is 11.8 Å². The molecule has 0 atom stereocenters. The second-order valence-electron chi connectivity index (χ2n) is 5.45. The fraction of sp³-hybridized carbons (Fsp3) is 0.562. The van der Waals surface area contributed by atoms with Gasteiger partial charge in [0.25, 0.3) is 0 Å². The third-order valence-corrected chi connectivity index (χ3v) is 3.41. The molecule has 0 fully saturated rings. The normalized spacial score (nSPS) is 11.4. The lowest BCUT2D eigenvalue weighted by molar-refractivity contribution is -0.121. The van der Waals surface area contributed by atoms with E-state index >= 15 is 0 Å². The lowest BCUT2D eigenvalue weighted by Crippen LogP contribution is -2.33. The van der Waals surface area contributed by atoms with Crippen LogP contribution in [-0.4, -0.2) is 21.7 Å². The average Bonchev–Trinajstić information content (AvgIpc) is 2.34. The molecule has 20 heavy (non-hydrogen) atoms. The first kappa shape index (κ1) is 16.5. The van der Waals surface area contributed by atoms with Crippen LogP contribution in [-0.2, 0) is 4.79 Å². The van der Waals surface area contributed by atoms with Gasteiger partial charge in [-0.2, -0.15) is 0 Å². The Kier molecular flexibility index (Phi) is 6.02. The van der Waals surface area contributed by atoms with Crippen LogP contribution < -0.4 is 5.32 Å². The zero-order valence-corrected chi connectivity index (χ0v) is 12.6. The van der Waals surface area contributed by atoms with E-state index in [2.05, 4.69) is 5.32 Å². The minimum atomic E-state index is -0.930. The van der Waals surface area contributed by atoms with Crippen molar-refractivity contribution in [3.05, 3.63) is 23.8 Å². The average molecular weight is 279 g/mol. The quantitative estimate of drug-likeness (QED) is 0.716. The van der Waals surface area contributed by atoms with Gasteiger partial charge >= 0.3 is 0 Å². The summed E-state index contributed by atoms with van der Waals surface area (Å²) in [5.41, 5.74) is 0.380. The first-order chi connectivity index (χ1) is 9.40. The third-order valence-electron chi connectivity index (χ3n) is 3.41. The number of phenolic OH excluding ortho intramolecular Hbond substituents is 1. The maximum atomic E-state index is 12.0. The zero-order chi connectivity index (χ0) is 15.2. The predicted molar refractivity (Wildman–Crippen MR) is 80.9 cm³/mol. The van der Waals surface area contributed by atoms with Crippen molar-refractivity contribution in [1.82, 2.24) is 0 Å². The van der Waals surface area contributed by atoms with E-state index in [0.717, 1.165) is 18.4 Å². The number of aromatic hydroxyl groups is 1. The van der Waals surface area contributed by atoms with E-state index < -0.39 is 5.60 Å². The van der Waals surface area contributed by atoms with Gasteiger partial charge in [0.1, 0.15) is 5.75 Å². The smallest absolute Gasteiger partial charge is 0.227 e. The fourth-order valence-corrected chi connectivity index (χ4v) is 2.42. The van der Waals surface area contributed by atoms with Gasteiger partial charge in [0.15, 0.2) is 0 Å². The summed E-state index contributed by atoms with van der Waals surface area (Å²) in [5, 5.41) is 22.8. The number of nitrogens with one attached hydrogen (secondary N) is 1. The predicted octanol–water partition coefficient (Wildman–Crippen LogP) is 3.36. The molecule has 4 nitrogen and oxygen atoms in total. The number of hydrogen-bond donors (Lipinski definition) is 3. The van der Waals surface area contributed by atoms with Crippen molar-refractivity contribution in [2.24, 2.45) is 0 Å². The molecule has 0 saturated carbocycles. The molecule has 3 N–H and O–H groups in total. The maximum absolute atomic E-state index is 12.0. The van der Waals surface area contributed by atoms with Crippen molar-refractivity contribution in [2.75, 3.05) is 5.32 Å². The molecule has 0 aliphatic carbocycles. The molecule has 0 aliphatic rings. The molecule has 0 spiro atoms. The van der Waals surface area contributed by atoms with Crippen molar-refractivity contribution in [2.45, 2.75) is 58.5 Å².